The first-order chi connectivity index (χ1) is 16.2. The fourth-order valence-electron chi connectivity index (χ4n) is 3.95. The molecule has 1 N–H and O–H groups in total. The Kier molecular flexibility index (Phi) is 7.33. The Hall–Kier alpha value is -3.70. The summed E-state index contributed by atoms with van der Waals surface area (Å²) in [6.45, 7) is 2.60. The fourth-order valence-corrected chi connectivity index (χ4v) is 3.95. The Morgan fingerprint density at radius 3 is 2.18 bits per heavy atom. The molecule has 0 aliphatic rings. The SMILES string of the molecule is COC(=O)[C@@H](CN[C@@H](C)c1ccccc1)Cc1cc(-c2ccccc2)n(-c2ccccc2)n1. The first-order valence-electron chi connectivity index (χ1n) is 11.2. The number of para-hydroxylation sites is 1. The highest BCUT2D eigenvalue weighted by molar-refractivity contribution is 5.73. The molecule has 1 aromatic heterocycles. The maximum Gasteiger partial charge on any atom is 0.310 e. The number of rotatable bonds is 9. The molecule has 4 aromatic rings. The minimum absolute atomic E-state index is 0.125. The van der Waals surface area contributed by atoms with Crippen LogP contribution in [0.15, 0.2) is 97.1 Å². The van der Waals surface area contributed by atoms with E-state index < -0.39 is 0 Å². The zero-order valence-electron chi connectivity index (χ0n) is 19.0. The molecule has 1 heterocycles. The van der Waals surface area contributed by atoms with Gasteiger partial charge in [0.2, 0.25) is 0 Å². The van der Waals surface area contributed by atoms with Crippen molar-refractivity contribution in [3.8, 4) is 16.9 Å². The Bertz CT molecular complexity index is 1100. The third kappa shape index (κ3) is 5.57. The Morgan fingerprint density at radius 2 is 1.55 bits per heavy atom. The minimum Gasteiger partial charge on any atom is -0.469 e. The Labute approximate surface area is 195 Å². The molecule has 0 spiro atoms. The van der Waals surface area contributed by atoms with Gasteiger partial charge in [-0.2, -0.15) is 5.10 Å². The number of nitrogens with one attached hydrogen (secondary N) is 1. The second-order valence-corrected chi connectivity index (χ2v) is 8.10. The van der Waals surface area contributed by atoms with Gasteiger partial charge >= 0.3 is 5.97 Å². The molecule has 33 heavy (non-hydrogen) atoms. The van der Waals surface area contributed by atoms with Gasteiger partial charge in [0.05, 0.1) is 30.1 Å². The molecule has 3 aromatic carbocycles. The second-order valence-electron chi connectivity index (χ2n) is 8.10. The quantitative estimate of drug-likeness (QED) is 0.363. The van der Waals surface area contributed by atoms with Crippen LogP contribution in [0.3, 0.4) is 0 Å². The van der Waals surface area contributed by atoms with E-state index in [4.69, 9.17) is 9.84 Å². The van der Waals surface area contributed by atoms with Crippen molar-refractivity contribution in [3.63, 3.8) is 0 Å². The lowest BCUT2D eigenvalue weighted by molar-refractivity contribution is -0.145. The molecule has 5 nitrogen and oxygen atoms in total. The topological polar surface area (TPSA) is 56.1 Å². The molecule has 2 atom stereocenters. The van der Waals surface area contributed by atoms with Crippen LogP contribution in [-0.4, -0.2) is 29.4 Å². The molecular weight excluding hydrogens is 410 g/mol. The number of aromatic nitrogens is 2. The number of benzene rings is 3. The van der Waals surface area contributed by atoms with E-state index in [2.05, 4.69) is 42.6 Å². The van der Waals surface area contributed by atoms with Crippen molar-refractivity contribution in [3.05, 3.63) is 108 Å². The molecule has 0 aliphatic carbocycles. The highest BCUT2D eigenvalue weighted by Gasteiger charge is 2.23. The van der Waals surface area contributed by atoms with Gasteiger partial charge in [-0.25, -0.2) is 4.68 Å². The third-order valence-corrected chi connectivity index (χ3v) is 5.79. The fraction of sp³-hybridized carbons (Fsp3) is 0.214. The van der Waals surface area contributed by atoms with E-state index in [1.165, 1.54) is 12.7 Å². The summed E-state index contributed by atoms with van der Waals surface area (Å²) in [4.78, 5) is 12.6. The Morgan fingerprint density at radius 1 is 0.939 bits per heavy atom. The maximum atomic E-state index is 12.6. The van der Waals surface area contributed by atoms with E-state index in [-0.39, 0.29) is 17.9 Å². The van der Waals surface area contributed by atoms with E-state index in [9.17, 15) is 4.79 Å². The smallest absolute Gasteiger partial charge is 0.310 e. The molecule has 0 fully saturated rings. The van der Waals surface area contributed by atoms with Gasteiger partial charge < -0.3 is 10.1 Å². The summed E-state index contributed by atoms with van der Waals surface area (Å²) in [5.41, 5.74) is 5.08. The van der Waals surface area contributed by atoms with Gasteiger partial charge in [0.25, 0.3) is 0 Å². The number of hydrogen-bond acceptors (Lipinski definition) is 4. The van der Waals surface area contributed by atoms with E-state index >= 15 is 0 Å². The second kappa shape index (κ2) is 10.7. The summed E-state index contributed by atoms with van der Waals surface area (Å²) in [6, 6.07) is 32.6. The van der Waals surface area contributed by atoms with Crippen molar-refractivity contribution in [2.75, 3.05) is 13.7 Å². The van der Waals surface area contributed by atoms with E-state index in [1.807, 2.05) is 71.4 Å². The number of hydrogen-bond donors (Lipinski definition) is 1. The number of methoxy groups -OCH3 is 1. The van der Waals surface area contributed by atoms with Crippen LogP contribution in [0.1, 0.15) is 24.2 Å². The standard InChI is InChI=1S/C28H29N3O2/c1-21(22-12-6-3-7-13-22)29-20-24(28(32)33-2)18-25-19-27(23-14-8-4-9-15-23)31(30-25)26-16-10-5-11-17-26/h3-17,19,21,24,29H,18,20H2,1-2H3/t21-,24+/m0/s1. The van der Waals surface area contributed by atoms with Crippen LogP contribution in [0.5, 0.6) is 0 Å². The van der Waals surface area contributed by atoms with E-state index in [0.717, 1.165) is 22.6 Å². The molecular formula is C28H29N3O2. The van der Waals surface area contributed by atoms with Crippen LogP contribution in [0.25, 0.3) is 16.9 Å². The lowest BCUT2D eigenvalue weighted by Gasteiger charge is -2.19. The van der Waals surface area contributed by atoms with Crippen LogP contribution in [-0.2, 0) is 16.0 Å². The first-order valence-corrected chi connectivity index (χ1v) is 11.2. The van der Waals surface area contributed by atoms with Gasteiger partial charge in [-0.15, -0.1) is 0 Å². The molecule has 0 radical (unpaired) electrons. The first kappa shape index (κ1) is 22.5. The summed E-state index contributed by atoms with van der Waals surface area (Å²) < 4.78 is 7.06. The number of nitrogens with zero attached hydrogens (tertiary/aromatic N) is 2. The van der Waals surface area contributed by atoms with Crippen molar-refractivity contribution in [2.24, 2.45) is 5.92 Å². The average molecular weight is 440 g/mol. The molecule has 0 saturated heterocycles. The number of carbonyl (C=O) groups is 1. The molecule has 0 aliphatic heterocycles. The predicted octanol–water partition coefficient (Wildman–Crippen LogP) is 5.22. The van der Waals surface area contributed by atoms with Gasteiger partial charge in [-0.1, -0.05) is 78.9 Å². The molecule has 0 saturated carbocycles. The van der Waals surface area contributed by atoms with Crippen LogP contribution in [0.2, 0.25) is 0 Å². The van der Waals surface area contributed by atoms with E-state index in [0.29, 0.717) is 13.0 Å². The van der Waals surface area contributed by atoms with Crippen molar-refractivity contribution in [1.82, 2.24) is 15.1 Å². The zero-order chi connectivity index (χ0) is 23.0. The van der Waals surface area contributed by atoms with E-state index in [1.54, 1.807) is 0 Å². The summed E-state index contributed by atoms with van der Waals surface area (Å²) in [5, 5.41) is 8.36. The van der Waals surface area contributed by atoms with Gasteiger partial charge in [-0.05, 0) is 30.7 Å². The van der Waals surface area contributed by atoms with Gasteiger partial charge in [0, 0.05) is 24.6 Å². The summed E-state index contributed by atoms with van der Waals surface area (Å²) in [6.07, 6.45) is 0.487. The van der Waals surface area contributed by atoms with Crippen molar-refractivity contribution in [2.45, 2.75) is 19.4 Å². The summed E-state index contributed by atoms with van der Waals surface area (Å²) in [5.74, 6) is -0.581. The monoisotopic (exact) mass is 439 g/mol. The largest absolute Gasteiger partial charge is 0.469 e. The maximum absolute atomic E-state index is 12.6. The van der Waals surface area contributed by atoms with Crippen LogP contribution in [0.4, 0.5) is 0 Å². The summed E-state index contributed by atoms with van der Waals surface area (Å²) in [7, 11) is 1.44. The van der Waals surface area contributed by atoms with Gasteiger partial charge in [0.15, 0.2) is 0 Å². The highest BCUT2D eigenvalue weighted by Crippen LogP contribution is 2.25. The number of carbonyl (C=O) groups excluding carboxylic acids is 1. The van der Waals surface area contributed by atoms with Crippen molar-refractivity contribution >= 4 is 5.97 Å². The van der Waals surface area contributed by atoms with Crippen molar-refractivity contribution in [1.29, 1.82) is 0 Å². The number of ether oxygens (including phenoxy) is 1. The Balaban J connectivity index is 1.58. The molecule has 0 bridgehead atoms. The molecule has 168 valence electrons. The normalized spacial score (nSPS) is 12.8. The van der Waals surface area contributed by atoms with Gasteiger partial charge in [0.1, 0.15) is 0 Å². The predicted molar refractivity (Wildman–Crippen MR) is 131 cm³/mol. The third-order valence-electron chi connectivity index (χ3n) is 5.79. The lowest BCUT2D eigenvalue weighted by Crippen LogP contribution is -2.32. The van der Waals surface area contributed by atoms with Crippen LogP contribution in [0, 0.1) is 5.92 Å². The molecule has 0 unspecified atom stereocenters. The minimum atomic E-state index is -0.344. The van der Waals surface area contributed by atoms with Gasteiger partial charge in [-0.3, -0.25) is 4.79 Å². The van der Waals surface area contributed by atoms with Crippen LogP contribution >= 0.6 is 0 Å². The summed E-state index contributed by atoms with van der Waals surface area (Å²) >= 11 is 0. The van der Waals surface area contributed by atoms with Crippen molar-refractivity contribution < 1.29 is 9.53 Å². The molecule has 5 heteroatoms. The zero-order valence-corrected chi connectivity index (χ0v) is 19.0. The average Bonchev–Trinajstić information content (AvgIpc) is 3.31. The number of esters is 1. The van der Waals surface area contributed by atoms with Crippen LogP contribution < -0.4 is 5.32 Å². The molecule has 4 rings (SSSR count). The lowest BCUT2D eigenvalue weighted by atomic mass is 10.0. The highest BCUT2D eigenvalue weighted by atomic mass is 16.5. The molecule has 0 amide bonds.